The summed E-state index contributed by atoms with van der Waals surface area (Å²) in [5, 5.41) is 9.91. The summed E-state index contributed by atoms with van der Waals surface area (Å²) in [5.74, 6) is 0.167. The number of phenols is 1. The molecule has 0 aliphatic carbocycles. The van der Waals surface area contributed by atoms with E-state index in [2.05, 4.69) is 20.8 Å². The molecule has 1 aromatic rings. The Kier molecular flexibility index (Phi) is 2.87. The molecule has 0 aromatic heterocycles. The third-order valence-electron chi connectivity index (χ3n) is 2.59. The number of phenolic OH excluding ortho intramolecular Hbond substituents is 1. The van der Waals surface area contributed by atoms with Crippen LogP contribution in [0.1, 0.15) is 32.8 Å². The second-order valence-electron chi connectivity index (χ2n) is 3.88. The standard InChI is InChI=1S/C11H15ClO/c1-4-11(2,3)8-6-5-7-9(13)10(8)12/h5-7,13H,4H2,1-3H3. The topological polar surface area (TPSA) is 20.2 Å². The molecule has 0 radical (unpaired) electrons. The monoisotopic (exact) mass is 198 g/mol. The predicted octanol–water partition coefficient (Wildman–Crippen LogP) is 3.73. The lowest BCUT2D eigenvalue weighted by atomic mass is 9.82. The van der Waals surface area contributed by atoms with E-state index in [0.717, 1.165) is 12.0 Å². The highest BCUT2D eigenvalue weighted by atomic mass is 35.5. The summed E-state index contributed by atoms with van der Waals surface area (Å²) in [6.07, 6.45) is 0.996. The fourth-order valence-electron chi connectivity index (χ4n) is 1.23. The average Bonchev–Trinajstić information content (AvgIpc) is 2.09. The van der Waals surface area contributed by atoms with Crippen molar-refractivity contribution in [3.05, 3.63) is 28.8 Å². The largest absolute Gasteiger partial charge is 0.506 e. The van der Waals surface area contributed by atoms with Crippen LogP contribution in [-0.2, 0) is 5.41 Å². The zero-order valence-corrected chi connectivity index (χ0v) is 9.02. The molecular weight excluding hydrogens is 184 g/mol. The van der Waals surface area contributed by atoms with Crippen molar-refractivity contribution in [3.8, 4) is 5.75 Å². The van der Waals surface area contributed by atoms with Crippen LogP contribution in [-0.4, -0.2) is 5.11 Å². The number of aromatic hydroxyl groups is 1. The molecule has 0 heterocycles. The maximum Gasteiger partial charge on any atom is 0.134 e. The van der Waals surface area contributed by atoms with Crippen molar-refractivity contribution in [1.29, 1.82) is 0 Å². The maximum atomic E-state index is 9.43. The Morgan fingerprint density at radius 3 is 2.54 bits per heavy atom. The van der Waals surface area contributed by atoms with E-state index in [4.69, 9.17) is 11.6 Å². The van der Waals surface area contributed by atoms with Crippen LogP contribution >= 0.6 is 11.6 Å². The lowest BCUT2D eigenvalue weighted by Gasteiger charge is -2.24. The first kappa shape index (κ1) is 10.4. The lowest BCUT2D eigenvalue weighted by Crippen LogP contribution is -2.15. The highest BCUT2D eigenvalue weighted by Gasteiger charge is 2.21. The van der Waals surface area contributed by atoms with Gasteiger partial charge in [-0.15, -0.1) is 0 Å². The SMILES string of the molecule is CCC(C)(C)c1cccc(O)c1Cl. The van der Waals surface area contributed by atoms with E-state index in [0.29, 0.717) is 5.02 Å². The number of benzene rings is 1. The first-order valence-corrected chi connectivity index (χ1v) is 4.85. The van der Waals surface area contributed by atoms with E-state index < -0.39 is 0 Å². The van der Waals surface area contributed by atoms with Crippen LogP contribution in [0, 0.1) is 0 Å². The average molecular weight is 199 g/mol. The molecule has 0 unspecified atom stereocenters. The molecule has 0 fully saturated rings. The Bertz CT molecular complexity index is 305. The Balaban J connectivity index is 3.22. The lowest BCUT2D eigenvalue weighted by molar-refractivity contribution is 0.465. The van der Waals surface area contributed by atoms with Crippen LogP contribution in [0.25, 0.3) is 0 Å². The molecule has 0 aliphatic heterocycles. The van der Waals surface area contributed by atoms with Gasteiger partial charge in [-0.3, -0.25) is 0 Å². The molecule has 13 heavy (non-hydrogen) atoms. The van der Waals surface area contributed by atoms with E-state index in [1.807, 2.05) is 12.1 Å². The summed E-state index contributed by atoms with van der Waals surface area (Å²) < 4.78 is 0. The zero-order chi connectivity index (χ0) is 10.1. The summed E-state index contributed by atoms with van der Waals surface area (Å²) in [6.45, 7) is 6.35. The van der Waals surface area contributed by atoms with Gasteiger partial charge in [0.2, 0.25) is 0 Å². The summed E-state index contributed by atoms with van der Waals surface area (Å²) >= 11 is 6.01. The smallest absolute Gasteiger partial charge is 0.134 e. The van der Waals surface area contributed by atoms with Crippen LogP contribution < -0.4 is 0 Å². The van der Waals surface area contributed by atoms with E-state index in [-0.39, 0.29) is 11.2 Å². The molecule has 0 atom stereocenters. The van der Waals surface area contributed by atoms with Gasteiger partial charge < -0.3 is 5.11 Å². The van der Waals surface area contributed by atoms with Gasteiger partial charge in [-0.2, -0.15) is 0 Å². The molecule has 1 rings (SSSR count). The van der Waals surface area contributed by atoms with Crippen molar-refractivity contribution in [2.45, 2.75) is 32.6 Å². The first-order valence-electron chi connectivity index (χ1n) is 4.47. The molecule has 1 N–H and O–H groups in total. The van der Waals surface area contributed by atoms with E-state index >= 15 is 0 Å². The van der Waals surface area contributed by atoms with Gasteiger partial charge in [0.1, 0.15) is 5.75 Å². The molecule has 0 aliphatic rings. The fraction of sp³-hybridized carbons (Fsp3) is 0.455. The Labute approximate surface area is 84.4 Å². The van der Waals surface area contributed by atoms with Crippen LogP contribution in [0.2, 0.25) is 5.02 Å². The molecule has 1 aromatic carbocycles. The van der Waals surface area contributed by atoms with Crippen LogP contribution in [0.5, 0.6) is 5.75 Å². The second kappa shape index (κ2) is 3.59. The predicted molar refractivity (Wildman–Crippen MR) is 56.4 cm³/mol. The summed E-state index contributed by atoms with van der Waals surface area (Å²) in [7, 11) is 0. The van der Waals surface area contributed by atoms with Gasteiger partial charge in [-0.05, 0) is 23.5 Å². The van der Waals surface area contributed by atoms with E-state index in [1.54, 1.807) is 6.07 Å². The fourth-order valence-corrected chi connectivity index (χ4v) is 1.61. The number of halogens is 1. The molecule has 0 spiro atoms. The Hall–Kier alpha value is -0.690. The maximum absolute atomic E-state index is 9.43. The molecule has 0 saturated heterocycles. The van der Waals surface area contributed by atoms with Crippen LogP contribution in [0.15, 0.2) is 18.2 Å². The zero-order valence-electron chi connectivity index (χ0n) is 8.26. The second-order valence-corrected chi connectivity index (χ2v) is 4.25. The molecular formula is C11H15ClO. The summed E-state index contributed by atoms with van der Waals surface area (Å²) in [6, 6.07) is 5.40. The minimum Gasteiger partial charge on any atom is -0.506 e. The summed E-state index contributed by atoms with van der Waals surface area (Å²) in [5.41, 5.74) is 1.03. The van der Waals surface area contributed by atoms with Gasteiger partial charge in [0.15, 0.2) is 0 Å². The van der Waals surface area contributed by atoms with E-state index in [9.17, 15) is 5.11 Å². The van der Waals surface area contributed by atoms with Gasteiger partial charge in [0.25, 0.3) is 0 Å². The minimum absolute atomic E-state index is 0.0236. The van der Waals surface area contributed by atoms with Crippen molar-refractivity contribution < 1.29 is 5.11 Å². The number of hydrogen-bond acceptors (Lipinski definition) is 1. The highest BCUT2D eigenvalue weighted by molar-refractivity contribution is 6.32. The molecule has 1 nitrogen and oxygen atoms in total. The molecule has 0 bridgehead atoms. The molecule has 0 saturated carbocycles. The third kappa shape index (κ3) is 1.97. The van der Waals surface area contributed by atoms with Crippen LogP contribution in [0.3, 0.4) is 0 Å². The Morgan fingerprint density at radius 2 is 2.00 bits per heavy atom. The quantitative estimate of drug-likeness (QED) is 0.768. The molecule has 72 valence electrons. The third-order valence-corrected chi connectivity index (χ3v) is 2.99. The van der Waals surface area contributed by atoms with Crippen molar-refractivity contribution in [2.24, 2.45) is 0 Å². The van der Waals surface area contributed by atoms with Gasteiger partial charge in [0, 0.05) is 0 Å². The normalized spacial score (nSPS) is 11.7. The summed E-state index contributed by atoms with van der Waals surface area (Å²) in [4.78, 5) is 0. The van der Waals surface area contributed by atoms with Crippen molar-refractivity contribution in [2.75, 3.05) is 0 Å². The van der Waals surface area contributed by atoms with Crippen molar-refractivity contribution in [1.82, 2.24) is 0 Å². The highest BCUT2D eigenvalue weighted by Crippen LogP contribution is 2.36. The minimum atomic E-state index is 0.0236. The number of rotatable bonds is 2. The van der Waals surface area contributed by atoms with Gasteiger partial charge in [-0.25, -0.2) is 0 Å². The van der Waals surface area contributed by atoms with Crippen molar-refractivity contribution >= 4 is 11.6 Å². The van der Waals surface area contributed by atoms with Crippen molar-refractivity contribution in [3.63, 3.8) is 0 Å². The molecule has 0 amide bonds. The first-order chi connectivity index (χ1) is 5.99. The van der Waals surface area contributed by atoms with E-state index in [1.165, 1.54) is 0 Å². The molecule has 2 heteroatoms. The number of hydrogen-bond donors (Lipinski definition) is 1. The van der Waals surface area contributed by atoms with Gasteiger partial charge in [-0.1, -0.05) is 44.5 Å². The van der Waals surface area contributed by atoms with Crippen LogP contribution in [0.4, 0.5) is 0 Å². The Morgan fingerprint density at radius 1 is 1.38 bits per heavy atom. The van der Waals surface area contributed by atoms with Gasteiger partial charge in [0.05, 0.1) is 5.02 Å². The van der Waals surface area contributed by atoms with Gasteiger partial charge >= 0.3 is 0 Å².